The Bertz CT molecular complexity index is 332. The third-order valence-corrected chi connectivity index (χ3v) is 2.58. The number of hydrogen-bond acceptors (Lipinski definition) is 11. The van der Waals surface area contributed by atoms with E-state index in [1.54, 1.807) is 0 Å². The minimum absolute atomic E-state index is 2.70. The van der Waals surface area contributed by atoms with E-state index in [9.17, 15) is 4.79 Å². The molecule has 0 aromatic heterocycles. The maximum Gasteiger partial charge on any atom is 0.291 e. The molecule has 0 saturated heterocycles. The standard InChI is InChI=1S/C6H10O11/c7-1-2(8,9)4(12,13)6(16,17)5(14,15)3(1,10)11/h8-17H. The van der Waals surface area contributed by atoms with Gasteiger partial charge in [0.25, 0.3) is 34.7 Å². The third kappa shape index (κ3) is 1.20. The summed E-state index contributed by atoms with van der Waals surface area (Å²) in [6.45, 7) is 0. The summed E-state index contributed by atoms with van der Waals surface area (Å²) in [4.78, 5) is 11.0. The predicted octanol–water partition coefficient (Wildman–Crippen LogP) is -7.03. The van der Waals surface area contributed by atoms with Crippen molar-refractivity contribution in [3.8, 4) is 0 Å². The van der Waals surface area contributed by atoms with Crippen molar-refractivity contribution in [1.82, 2.24) is 0 Å². The Morgan fingerprint density at radius 2 is 0.765 bits per heavy atom. The van der Waals surface area contributed by atoms with Crippen LogP contribution in [0.15, 0.2) is 0 Å². The second kappa shape index (κ2) is 2.99. The van der Waals surface area contributed by atoms with Gasteiger partial charge >= 0.3 is 0 Å². The van der Waals surface area contributed by atoms with E-state index in [-0.39, 0.29) is 0 Å². The van der Waals surface area contributed by atoms with Gasteiger partial charge in [-0.05, 0) is 0 Å². The average molecular weight is 258 g/mol. The average Bonchev–Trinajstić information content (AvgIpc) is 2.13. The number of Topliss-reactive ketones (excluding diaryl/α,β-unsaturated/α-hetero) is 1. The van der Waals surface area contributed by atoms with Crippen LogP contribution in [-0.4, -0.2) is 85.8 Å². The van der Waals surface area contributed by atoms with Crippen LogP contribution in [0.1, 0.15) is 0 Å². The van der Waals surface area contributed by atoms with Gasteiger partial charge in [-0.3, -0.25) is 4.79 Å². The molecule has 11 heteroatoms. The summed E-state index contributed by atoms with van der Waals surface area (Å²) < 4.78 is 0. The minimum atomic E-state index is -4.68. The fraction of sp³-hybridized carbons (Fsp3) is 0.833. The summed E-state index contributed by atoms with van der Waals surface area (Å²) in [6, 6.07) is 0. The van der Waals surface area contributed by atoms with Crippen molar-refractivity contribution in [2.45, 2.75) is 28.9 Å². The van der Waals surface area contributed by atoms with E-state index in [0.29, 0.717) is 0 Å². The molecule has 0 aromatic rings. The lowest BCUT2D eigenvalue weighted by molar-refractivity contribution is -0.546. The maximum atomic E-state index is 11.0. The number of rotatable bonds is 0. The van der Waals surface area contributed by atoms with Gasteiger partial charge in [0.05, 0.1) is 0 Å². The Kier molecular flexibility index (Phi) is 2.52. The van der Waals surface area contributed by atoms with E-state index in [1.165, 1.54) is 0 Å². The molecule has 10 N–H and O–H groups in total. The zero-order chi connectivity index (χ0) is 14.1. The lowest BCUT2D eigenvalue weighted by Gasteiger charge is -2.54. The third-order valence-electron chi connectivity index (χ3n) is 2.58. The van der Waals surface area contributed by atoms with Crippen molar-refractivity contribution in [2.24, 2.45) is 0 Å². The van der Waals surface area contributed by atoms with Gasteiger partial charge in [0.15, 0.2) is 0 Å². The Morgan fingerprint density at radius 1 is 0.529 bits per heavy atom. The van der Waals surface area contributed by atoms with Crippen LogP contribution in [0.25, 0.3) is 0 Å². The molecule has 0 spiro atoms. The molecule has 1 rings (SSSR count). The Balaban J connectivity index is 3.62. The number of ketones is 1. The molecule has 0 heterocycles. The van der Waals surface area contributed by atoms with Gasteiger partial charge in [-0.15, -0.1) is 0 Å². The first-order valence-electron chi connectivity index (χ1n) is 3.94. The molecule has 11 nitrogen and oxygen atoms in total. The first-order valence-corrected chi connectivity index (χ1v) is 3.94. The van der Waals surface area contributed by atoms with Crippen molar-refractivity contribution in [3.05, 3.63) is 0 Å². The van der Waals surface area contributed by atoms with Crippen molar-refractivity contribution in [3.63, 3.8) is 0 Å². The van der Waals surface area contributed by atoms with E-state index < -0.39 is 34.7 Å². The Hall–Kier alpha value is -0.730. The molecular weight excluding hydrogens is 248 g/mol. The van der Waals surface area contributed by atoms with E-state index >= 15 is 0 Å². The van der Waals surface area contributed by atoms with Gasteiger partial charge in [0.2, 0.25) is 0 Å². The molecule has 0 atom stereocenters. The van der Waals surface area contributed by atoms with Crippen LogP contribution >= 0.6 is 0 Å². The van der Waals surface area contributed by atoms with Gasteiger partial charge in [-0.2, -0.15) is 0 Å². The minimum Gasteiger partial charge on any atom is -0.357 e. The van der Waals surface area contributed by atoms with E-state index in [1.807, 2.05) is 0 Å². The molecular formula is C6H10O11. The summed E-state index contributed by atoms with van der Waals surface area (Å²) in [5, 5.41) is 89.5. The maximum absolute atomic E-state index is 11.0. The second-order valence-corrected chi connectivity index (χ2v) is 3.69. The van der Waals surface area contributed by atoms with Crippen molar-refractivity contribution in [1.29, 1.82) is 0 Å². The van der Waals surface area contributed by atoms with E-state index in [2.05, 4.69) is 0 Å². The number of hydrogen-bond donors (Lipinski definition) is 10. The molecule has 0 bridgehead atoms. The van der Waals surface area contributed by atoms with E-state index in [4.69, 9.17) is 51.1 Å². The molecule has 1 fully saturated rings. The zero-order valence-corrected chi connectivity index (χ0v) is 7.88. The smallest absolute Gasteiger partial charge is 0.291 e. The highest BCUT2D eigenvalue weighted by Gasteiger charge is 2.86. The normalized spacial score (nSPS) is 32.2. The number of carbonyl (C=O) groups excluding carboxylic acids is 1. The van der Waals surface area contributed by atoms with Gasteiger partial charge in [0, 0.05) is 0 Å². The molecule has 0 aromatic carbocycles. The zero-order valence-electron chi connectivity index (χ0n) is 7.88. The highest BCUT2D eigenvalue weighted by Crippen LogP contribution is 2.46. The van der Waals surface area contributed by atoms with Crippen LogP contribution in [0.2, 0.25) is 0 Å². The van der Waals surface area contributed by atoms with Crippen molar-refractivity contribution < 1.29 is 55.9 Å². The largest absolute Gasteiger partial charge is 0.357 e. The topological polar surface area (TPSA) is 219 Å². The molecule has 100 valence electrons. The van der Waals surface area contributed by atoms with Crippen LogP contribution in [-0.2, 0) is 4.79 Å². The summed E-state index contributed by atoms with van der Waals surface area (Å²) in [7, 11) is 0. The van der Waals surface area contributed by atoms with Gasteiger partial charge in [-0.1, -0.05) is 0 Å². The highest BCUT2D eigenvalue weighted by molar-refractivity contribution is 5.95. The van der Waals surface area contributed by atoms with E-state index in [0.717, 1.165) is 0 Å². The van der Waals surface area contributed by atoms with Gasteiger partial charge in [-0.25, -0.2) is 0 Å². The van der Waals surface area contributed by atoms with Crippen LogP contribution < -0.4 is 0 Å². The number of aliphatic hydroxyl groups is 10. The van der Waals surface area contributed by atoms with Crippen molar-refractivity contribution in [2.75, 3.05) is 0 Å². The summed E-state index contributed by atoms with van der Waals surface area (Å²) in [5.74, 6) is -25.6. The quantitative estimate of drug-likeness (QED) is 0.184. The first kappa shape index (κ1) is 14.3. The summed E-state index contributed by atoms with van der Waals surface area (Å²) >= 11 is 0. The van der Waals surface area contributed by atoms with Crippen molar-refractivity contribution >= 4 is 5.78 Å². The first-order chi connectivity index (χ1) is 7.15. The second-order valence-electron chi connectivity index (χ2n) is 3.69. The Labute approximate surface area is 91.7 Å². The summed E-state index contributed by atoms with van der Waals surface area (Å²) in [5.41, 5.74) is 0. The van der Waals surface area contributed by atoms with Crippen LogP contribution in [0, 0.1) is 0 Å². The molecule has 0 amide bonds. The lowest BCUT2D eigenvalue weighted by atomic mass is 9.73. The molecule has 1 saturated carbocycles. The molecule has 17 heavy (non-hydrogen) atoms. The monoisotopic (exact) mass is 258 g/mol. The van der Waals surface area contributed by atoms with Crippen LogP contribution in [0.5, 0.6) is 0 Å². The Morgan fingerprint density at radius 3 is 1.00 bits per heavy atom. The van der Waals surface area contributed by atoms with Gasteiger partial charge in [0.1, 0.15) is 0 Å². The van der Waals surface area contributed by atoms with Crippen LogP contribution in [0.3, 0.4) is 0 Å². The fourth-order valence-electron chi connectivity index (χ4n) is 1.29. The molecule has 0 radical (unpaired) electrons. The van der Waals surface area contributed by atoms with Crippen LogP contribution in [0.4, 0.5) is 0 Å². The summed E-state index contributed by atoms with van der Waals surface area (Å²) in [6.07, 6.45) is 0. The molecule has 0 aliphatic heterocycles. The SMILES string of the molecule is O=C1C(O)(O)C(O)(O)C(O)(O)C(O)(O)C1(O)O. The predicted molar refractivity (Wildman–Crippen MR) is 40.9 cm³/mol. The molecule has 0 unspecified atom stereocenters. The van der Waals surface area contributed by atoms with Gasteiger partial charge < -0.3 is 51.1 Å². The number of carbonyl (C=O) groups is 1. The highest BCUT2D eigenvalue weighted by atomic mass is 16.7. The fourth-order valence-corrected chi connectivity index (χ4v) is 1.29. The molecule has 1 aliphatic rings. The molecule has 1 aliphatic carbocycles. The lowest BCUT2D eigenvalue weighted by Crippen LogP contribution is -2.90.